The van der Waals surface area contributed by atoms with Crippen LogP contribution in [0.1, 0.15) is 32.6 Å². The molecule has 1 N–H and O–H groups in total. The number of ketones is 1. The van der Waals surface area contributed by atoms with E-state index in [1.807, 2.05) is 50.2 Å². The van der Waals surface area contributed by atoms with Gasteiger partial charge in [0.15, 0.2) is 11.7 Å². The Hall–Kier alpha value is -2.45. The van der Waals surface area contributed by atoms with Gasteiger partial charge in [0.1, 0.15) is 0 Å². The van der Waals surface area contributed by atoms with Crippen LogP contribution in [0, 0.1) is 24.2 Å². The second-order valence-corrected chi connectivity index (χ2v) is 6.34. The van der Waals surface area contributed by atoms with Crippen LogP contribution < -0.4 is 5.32 Å². The average Bonchev–Trinajstić information content (AvgIpc) is 2.95. The molecule has 1 aromatic heterocycles. The van der Waals surface area contributed by atoms with E-state index in [4.69, 9.17) is 0 Å². The number of amides is 1. The van der Waals surface area contributed by atoms with Crippen LogP contribution in [-0.4, -0.2) is 11.7 Å². The summed E-state index contributed by atoms with van der Waals surface area (Å²) in [6, 6.07) is 13.0. The lowest BCUT2D eigenvalue weighted by atomic mass is 10.0. The van der Waals surface area contributed by atoms with Crippen molar-refractivity contribution in [1.82, 2.24) is 5.32 Å². The van der Waals surface area contributed by atoms with Crippen molar-refractivity contribution in [3.8, 4) is 6.07 Å². The lowest BCUT2D eigenvalue weighted by molar-refractivity contribution is -0.122. The highest BCUT2D eigenvalue weighted by Crippen LogP contribution is 2.24. The van der Waals surface area contributed by atoms with Crippen LogP contribution in [0.15, 0.2) is 36.4 Å². The molecule has 23 heavy (non-hydrogen) atoms. The predicted molar refractivity (Wildman–Crippen MR) is 90.2 cm³/mol. The van der Waals surface area contributed by atoms with Gasteiger partial charge in [-0.05, 0) is 30.5 Å². The van der Waals surface area contributed by atoms with Gasteiger partial charge < -0.3 is 5.32 Å². The summed E-state index contributed by atoms with van der Waals surface area (Å²) in [6.07, 6.45) is 0.835. The lowest BCUT2D eigenvalue weighted by Gasteiger charge is -2.08. The standard InChI is InChI=1S/C18H18N2O2S/c1-3-15-12(2)9-16(23-15)17(21)14(10-19)18(22)20-11-13-7-5-4-6-8-13/h4-9,14H,3,11H2,1-2H3,(H,20,22)/t14-/m0/s1. The van der Waals surface area contributed by atoms with E-state index in [-0.39, 0.29) is 0 Å². The highest BCUT2D eigenvalue weighted by molar-refractivity contribution is 7.14. The summed E-state index contributed by atoms with van der Waals surface area (Å²) in [7, 11) is 0. The fourth-order valence-electron chi connectivity index (χ4n) is 2.26. The monoisotopic (exact) mass is 326 g/mol. The third kappa shape index (κ3) is 4.05. The van der Waals surface area contributed by atoms with Gasteiger partial charge in [0.2, 0.25) is 5.91 Å². The van der Waals surface area contributed by atoms with Crippen molar-refractivity contribution in [2.75, 3.05) is 0 Å². The summed E-state index contributed by atoms with van der Waals surface area (Å²) >= 11 is 1.36. The fraction of sp³-hybridized carbons (Fsp3) is 0.278. The van der Waals surface area contributed by atoms with Crippen molar-refractivity contribution in [3.05, 3.63) is 57.3 Å². The average molecular weight is 326 g/mol. The first-order chi connectivity index (χ1) is 11.1. The Bertz CT molecular complexity index is 744. The number of carbonyl (C=O) groups excluding carboxylic acids is 2. The zero-order valence-corrected chi connectivity index (χ0v) is 13.9. The van der Waals surface area contributed by atoms with Crippen molar-refractivity contribution in [1.29, 1.82) is 5.26 Å². The Kier molecular flexibility index (Phi) is 5.67. The number of hydrogen-bond donors (Lipinski definition) is 1. The minimum Gasteiger partial charge on any atom is -0.350 e. The molecule has 118 valence electrons. The Morgan fingerprint density at radius 3 is 2.57 bits per heavy atom. The summed E-state index contributed by atoms with van der Waals surface area (Å²) in [5.74, 6) is -2.28. The van der Waals surface area contributed by atoms with E-state index in [9.17, 15) is 14.9 Å². The molecule has 0 radical (unpaired) electrons. The van der Waals surface area contributed by atoms with Gasteiger partial charge >= 0.3 is 0 Å². The van der Waals surface area contributed by atoms with E-state index in [2.05, 4.69) is 5.32 Å². The minimum absolute atomic E-state index is 0.300. The number of thiophene rings is 1. The van der Waals surface area contributed by atoms with Crippen molar-refractivity contribution in [3.63, 3.8) is 0 Å². The Labute approximate surface area is 139 Å². The van der Waals surface area contributed by atoms with Crippen LogP contribution in [0.5, 0.6) is 0 Å². The molecule has 0 aliphatic rings. The Balaban J connectivity index is 2.07. The van der Waals surface area contributed by atoms with E-state index in [0.29, 0.717) is 11.4 Å². The molecule has 2 aromatic rings. The number of nitriles is 1. The maximum absolute atomic E-state index is 12.4. The first-order valence-electron chi connectivity index (χ1n) is 7.41. The molecule has 1 atom stereocenters. The summed E-state index contributed by atoms with van der Waals surface area (Å²) in [6.45, 7) is 4.25. The predicted octanol–water partition coefficient (Wildman–Crippen LogP) is 3.26. The molecule has 1 aromatic carbocycles. The Morgan fingerprint density at radius 1 is 1.30 bits per heavy atom. The van der Waals surface area contributed by atoms with Crippen molar-refractivity contribution >= 4 is 23.0 Å². The first kappa shape index (κ1) is 16.9. The first-order valence-corrected chi connectivity index (χ1v) is 8.23. The molecule has 0 aliphatic heterocycles. The summed E-state index contributed by atoms with van der Waals surface area (Å²) in [5.41, 5.74) is 1.95. The van der Waals surface area contributed by atoms with Crippen LogP contribution in [-0.2, 0) is 17.8 Å². The van der Waals surface area contributed by atoms with Crippen LogP contribution in [0.25, 0.3) is 0 Å². The summed E-state index contributed by atoms with van der Waals surface area (Å²) < 4.78 is 0. The van der Waals surface area contributed by atoms with Gasteiger partial charge in [0, 0.05) is 11.4 Å². The van der Waals surface area contributed by atoms with Crippen LogP contribution in [0.4, 0.5) is 0 Å². The zero-order chi connectivity index (χ0) is 16.8. The normalized spacial score (nSPS) is 11.5. The molecular weight excluding hydrogens is 308 g/mol. The molecule has 1 heterocycles. The number of rotatable bonds is 6. The summed E-state index contributed by atoms with van der Waals surface area (Å²) in [5, 5.41) is 11.9. The second-order valence-electron chi connectivity index (χ2n) is 5.20. The number of carbonyl (C=O) groups is 2. The molecule has 0 unspecified atom stereocenters. The molecule has 5 heteroatoms. The van der Waals surface area contributed by atoms with Crippen molar-refractivity contribution < 1.29 is 9.59 Å². The molecular formula is C18H18N2O2S. The lowest BCUT2D eigenvalue weighted by Crippen LogP contribution is -2.34. The topological polar surface area (TPSA) is 70.0 Å². The molecule has 1 amide bonds. The van der Waals surface area contributed by atoms with Gasteiger partial charge in [0.05, 0.1) is 10.9 Å². The molecule has 0 fully saturated rings. The highest BCUT2D eigenvalue weighted by atomic mass is 32.1. The largest absolute Gasteiger partial charge is 0.350 e. The molecule has 4 nitrogen and oxygen atoms in total. The number of Topliss-reactive ketones (excluding diaryl/α,β-unsaturated/α-hetero) is 1. The van der Waals surface area contributed by atoms with Crippen LogP contribution in [0.2, 0.25) is 0 Å². The van der Waals surface area contributed by atoms with E-state index in [1.54, 1.807) is 6.07 Å². The molecule has 0 bridgehead atoms. The van der Waals surface area contributed by atoms with Gasteiger partial charge in [-0.2, -0.15) is 5.26 Å². The number of nitrogens with zero attached hydrogens (tertiary/aromatic N) is 1. The third-order valence-electron chi connectivity index (χ3n) is 3.55. The van der Waals surface area contributed by atoms with Gasteiger partial charge in [-0.1, -0.05) is 37.3 Å². The third-order valence-corrected chi connectivity index (χ3v) is 4.94. The van der Waals surface area contributed by atoms with Crippen LogP contribution >= 0.6 is 11.3 Å². The molecule has 2 rings (SSSR count). The van der Waals surface area contributed by atoms with Gasteiger partial charge in [-0.15, -0.1) is 11.3 Å². The van der Waals surface area contributed by atoms with Gasteiger partial charge in [0.25, 0.3) is 0 Å². The van der Waals surface area contributed by atoms with E-state index in [0.717, 1.165) is 22.4 Å². The molecule has 0 saturated carbocycles. The molecule has 0 saturated heterocycles. The Morgan fingerprint density at radius 2 is 2.00 bits per heavy atom. The smallest absolute Gasteiger partial charge is 0.245 e. The highest BCUT2D eigenvalue weighted by Gasteiger charge is 2.28. The van der Waals surface area contributed by atoms with Gasteiger partial charge in [-0.25, -0.2) is 0 Å². The number of aryl methyl sites for hydroxylation is 2. The van der Waals surface area contributed by atoms with Gasteiger partial charge in [-0.3, -0.25) is 9.59 Å². The maximum Gasteiger partial charge on any atom is 0.245 e. The van der Waals surface area contributed by atoms with E-state index >= 15 is 0 Å². The fourth-order valence-corrected chi connectivity index (χ4v) is 3.34. The number of nitrogens with one attached hydrogen (secondary N) is 1. The zero-order valence-electron chi connectivity index (χ0n) is 13.1. The minimum atomic E-state index is -1.30. The molecule has 0 spiro atoms. The SMILES string of the molecule is CCc1sc(C(=O)[C@H](C#N)C(=O)NCc2ccccc2)cc1C. The number of hydrogen-bond acceptors (Lipinski definition) is 4. The summed E-state index contributed by atoms with van der Waals surface area (Å²) in [4.78, 5) is 26.2. The van der Waals surface area contributed by atoms with E-state index < -0.39 is 17.6 Å². The maximum atomic E-state index is 12.4. The number of benzene rings is 1. The van der Waals surface area contributed by atoms with E-state index in [1.165, 1.54) is 11.3 Å². The van der Waals surface area contributed by atoms with Crippen molar-refractivity contribution in [2.45, 2.75) is 26.8 Å². The second kappa shape index (κ2) is 7.70. The quantitative estimate of drug-likeness (QED) is 0.654. The van der Waals surface area contributed by atoms with Crippen LogP contribution in [0.3, 0.4) is 0 Å². The molecule has 0 aliphatic carbocycles. The van der Waals surface area contributed by atoms with Crippen molar-refractivity contribution in [2.24, 2.45) is 5.92 Å².